The molecule has 0 spiro atoms. The maximum Gasteiger partial charge on any atom is 0.160 e. The maximum atomic E-state index is 9.95. The van der Waals surface area contributed by atoms with Gasteiger partial charge >= 0.3 is 0 Å². The first-order valence-corrected chi connectivity index (χ1v) is 6.57. The number of hydrogen-bond acceptors (Lipinski definition) is 6. The van der Waals surface area contributed by atoms with Crippen molar-refractivity contribution in [2.45, 2.75) is 13.2 Å². The molecule has 0 heterocycles. The number of aromatic hydroxyl groups is 2. The molecule has 0 bridgehead atoms. The summed E-state index contributed by atoms with van der Waals surface area (Å²) in [4.78, 5) is 0. The standard InChI is InChI=1S/C16H18O6/c1-21-15-3-9(7-17)11(5-13(15)19)12-6-14(20)16(22-2)4-10(12)8-18/h3-6,17-20H,7-8H2,1-2H3. The van der Waals surface area contributed by atoms with Crippen LogP contribution in [-0.2, 0) is 13.2 Å². The van der Waals surface area contributed by atoms with Crippen molar-refractivity contribution in [3.8, 4) is 34.1 Å². The molecule has 0 saturated heterocycles. The van der Waals surface area contributed by atoms with Crippen LogP contribution in [-0.4, -0.2) is 34.6 Å². The van der Waals surface area contributed by atoms with Gasteiger partial charge in [0.1, 0.15) is 0 Å². The lowest BCUT2D eigenvalue weighted by Gasteiger charge is -2.16. The van der Waals surface area contributed by atoms with Crippen molar-refractivity contribution in [3.63, 3.8) is 0 Å². The van der Waals surface area contributed by atoms with E-state index in [1.165, 1.54) is 38.5 Å². The first-order valence-electron chi connectivity index (χ1n) is 6.57. The lowest BCUT2D eigenvalue weighted by molar-refractivity contribution is 0.278. The minimum Gasteiger partial charge on any atom is -0.504 e. The Hall–Kier alpha value is -2.44. The first kappa shape index (κ1) is 15.9. The second-order valence-electron chi connectivity index (χ2n) is 4.68. The van der Waals surface area contributed by atoms with Crippen molar-refractivity contribution < 1.29 is 29.9 Å². The minimum absolute atomic E-state index is 0.103. The van der Waals surface area contributed by atoms with Crippen molar-refractivity contribution >= 4 is 0 Å². The van der Waals surface area contributed by atoms with Gasteiger partial charge in [-0.3, -0.25) is 0 Å². The fraction of sp³-hybridized carbons (Fsp3) is 0.250. The highest BCUT2D eigenvalue weighted by atomic mass is 16.5. The third-order valence-corrected chi connectivity index (χ3v) is 3.44. The van der Waals surface area contributed by atoms with E-state index in [1.807, 2.05) is 0 Å². The Morgan fingerprint density at radius 3 is 1.36 bits per heavy atom. The number of methoxy groups -OCH3 is 2. The SMILES string of the molecule is COc1cc(CO)c(-c2cc(O)c(OC)cc2CO)cc1O. The number of hydrogen-bond donors (Lipinski definition) is 4. The molecule has 0 fully saturated rings. The van der Waals surface area contributed by atoms with Gasteiger partial charge in [-0.15, -0.1) is 0 Å². The van der Waals surface area contributed by atoms with Crippen LogP contribution in [0.5, 0.6) is 23.0 Å². The molecule has 2 rings (SSSR count). The molecule has 6 nitrogen and oxygen atoms in total. The van der Waals surface area contributed by atoms with Crippen LogP contribution in [0, 0.1) is 0 Å². The molecule has 0 aliphatic carbocycles. The Morgan fingerprint density at radius 1 is 0.727 bits per heavy atom. The molecule has 118 valence electrons. The summed E-state index contributed by atoms with van der Waals surface area (Å²) in [5, 5.41) is 39.0. The van der Waals surface area contributed by atoms with E-state index in [2.05, 4.69) is 0 Å². The van der Waals surface area contributed by atoms with Gasteiger partial charge in [0.05, 0.1) is 27.4 Å². The molecule has 0 aliphatic rings. The predicted octanol–water partition coefficient (Wildman–Crippen LogP) is 1.77. The van der Waals surface area contributed by atoms with Crippen molar-refractivity contribution in [1.29, 1.82) is 0 Å². The molecule has 0 unspecified atom stereocenters. The van der Waals surface area contributed by atoms with Crippen LogP contribution >= 0.6 is 0 Å². The summed E-state index contributed by atoms with van der Waals surface area (Å²) in [5.41, 5.74) is 1.97. The minimum atomic E-state index is -0.288. The highest BCUT2D eigenvalue weighted by molar-refractivity contribution is 5.76. The average Bonchev–Trinajstić information content (AvgIpc) is 2.54. The molecule has 0 aromatic heterocycles. The lowest BCUT2D eigenvalue weighted by Crippen LogP contribution is -1.97. The number of rotatable bonds is 5. The number of aliphatic hydroxyl groups is 2. The number of ether oxygens (including phenoxy) is 2. The predicted molar refractivity (Wildman–Crippen MR) is 80.2 cm³/mol. The molecule has 2 aromatic rings. The maximum absolute atomic E-state index is 9.95. The van der Waals surface area contributed by atoms with Gasteiger partial charge in [-0.2, -0.15) is 0 Å². The van der Waals surface area contributed by atoms with Gasteiger partial charge < -0.3 is 29.9 Å². The Bertz CT molecular complexity index is 621. The number of phenolic OH excluding ortho intramolecular Hbond substituents is 2. The Balaban J connectivity index is 2.70. The summed E-state index contributed by atoms with van der Waals surface area (Å²) in [6, 6.07) is 5.86. The number of benzene rings is 2. The number of aliphatic hydroxyl groups excluding tert-OH is 2. The third-order valence-electron chi connectivity index (χ3n) is 3.44. The molecule has 0 amide bonds. The smallest absolute Gasteiger partial charge is 0.160 e. The second kappa shape index (κ2) is 6.55. The summed E-state index contributed by atoms with van der Waals surface area (Å²) in [7, 11) is 2.82. The quantitative estimate of drug-likeness (QED) is 0.672. The molecular weight excluding hydrogens is 288 g/mol. The monoisotopic (exact) mass is 306 g/mol. The molecule has 22 heavy (non-hydrogen) atoms. The molecule has 0 saturated carbocycles. The van der Waals surface area contributed by atoms with E-state index in [1.54, 1.807) is 0 Å². The van der Waals surface area contributed by atoms with Crippen LogP contribution in [0.1, 0.15) is 11.1 Å². The van der Waals surface area contributed by atoms with E-state index in [0.717, 1.165) is 0 Å². The lowest BCUT2D eigenvalue weighted by atomic mass is 9.94. The second-order valence-corrected chi connectivity index (χ2v) is 4.68. The van der Waals surface area contributed by atoms with Crippen LogP contribution in [0.4, 0.5) is 0 Å². The molecule has 0 atom stereocenters. The zero-order chi connectivity index (χ0) is 16.3. The van der Waals surface area contributed by atoms with Gasteiger partial charge in [0, 0.05) is 0 Å². The molecule has 2 aromatic carbocycles. The average molecular weight is 306 g/mol. The molecule has 6 heteroatoms. The highest BCUT2D eigenvalue weighted by Crippen LogP contribution is 2.40. The Morgan fingerprint density at radius 2 is 1.09 bits per heavy atom. The Kier molecular flexibility index (Phi) is 4.75. The fourth-order valence-electron chi connectivity index (χ4n) is 2.31. The van der Waals surface area contributed by atoms with Gasteiger partial charge in [0.25, 0.3) is 0 Å². The van der Waals surface area contributed by atoms with Crippen LogP contribution in [0.25, 0.3) is 11.1 Å². The van der Waals surface area contributed by atoms with Crippen molar-refractivity contribution in [2.75, 3.05) is 14.2 Å². The van der Waals surface area contributed by atoms with Crippen LogP contribution < -0.4 is 9.47 Å². The highest BCUT2D eigenvalue weighted by Gasteiger charge is 2.16. The van der Waals surface area contributed by atoms with Crippen LogP contribution in [0.3, 0.4) is 0 Å². The first-order chi connectivity index (χ1) is 10.5. The van der Waals surface area contributed by atoms with Gasteiger partial charge in [0.15, 0.2) is 23.0 Å². The zero-order valence-corrected chi connectivity index (χ0v) is 12.3. The van der Waals surface area contributed by atoms with E-state index in [4.69, 9.17) is 9.47 Å². The van der Waals surface area contributed by atoms with Crippen molar-refractivity contribution in [2.24, 2.45) is 0 Å². The summed E-state index contributed by atoms with van der Waals surface area (Å²) in [6.07, 6.45) is 0. The molecule has 4 N–H and O–H groups in total. The molecule has 0 aliphatic heterocycles. The van der Waals surface area contributed by atoms with E-state index in [-0.39, 0.29) is 36.2 Å². The van der Waals surface area contributed by atoms with Crippen molar-refractivity contribution in [1.82, 2.24) is 0 Å². The van der Waals surface area contributed by atoms with Gasteiger partial charge in [0.2, 0.25) is 0 Å². The molecular formula is C16H18O6. The molecule has 0 radical (unpaired) electrons. The topological polar surface area (TPSA) is 99.4 Å². The van der Waals surface area contributed by atoms with Crippen molar-refractivity contribution in [3.05, 3.63) is 35.4 Å². The van der Waals surface area contributed by atoms with E-state index >= 15 is 0 Å². The summed E-state index contributed by atoms with van der Waals surface area (Å²) < 4.78 is 10.0. The van der Waals surface area contributed by atoms with Gasteiger partial charge in [-0.05, 0) is 46.5 Å². The largest absolute Gasteiger partial charge is 0.504 e. The van der Waals surface area contributed by atoms with Crippen LogP contribution in [0.15, 0.2) is 24.3 Å². The third kappa shape index (κ3) is 2.79. The van der Waals surface area contributed by atoms with Gasteiger partial charge in [-0.25, -0.2) is 0 Å². The Labute approximate surface area is 127 Å². The normalized spacial score (nSPS) is 10.5. The zero-order valence-electron chi connectivity index (χ0n) is 12.3. The van der Waals surface area contributed by atoms with E-state index < -0.39 is 0 Å². The van der Waals surface area contributed by atoms with Gasteiger partial charge in [-0.1, -0.05) is 0 Å². The number of phenols is 2. The summed E-state index contributed by atoms with van der Waals surface area (Å²) >= 11 is 0. The summed E-state index contributed by atoms with van der Waals surface area (Å²) in [6.45, 7) is -0.576. The van der Waals surface area contributed by atoms with E-state index in [0.29, 0.717) is 22.3 Å². The summed E-state index contributed by atoms with van der Waals surface area (Å²) in [5.74, 6) is 0.259. The fourth-order valence-corrected chi connectivity index (χ4v) is 2.31. The van der Waals surface area contributed by atoms with E-state index in [9.17, 15) is 20.4 Å². The van der Waals surface area contributed by atoms with Crippen LogP contribution in [0.2, 0.25) is 0 Å².